The van der Waals surface area contributed by atoms with Crippen molar-refractivity contribution in [1.29, 1.82) is 0 Å². The molecule has 0 spiro atoms. The summed E-state index contributed by atoms with van der Waals surface area (Å²) in [7, 11) is -3.19. The lowest BCUT2D eigenvalue weighted by molar-refractivity contribution is 0.169. The highest BCUT2D eigenvalue weighted by atomic mass is 32.2. The molecule has 0 amide bonds. The average molecular weight is 355 g/mol. The maximum absolute atomic E-state index is 11.7. The van der Waals surface area contributed by atoms with E-state index in [1.54, 1.807) is 24.5 Å². The second-order valence-electron chi connectivity index (χ2n) is 5.87. The molecule has 1 aliphatic rings. The molecule has 2 aromatic heterocycles. The van der Waals surface area contributed by atoms with Crippen LogP contribution in [0, 0.1) is 6.92 Å². The van der Waals surface area contributed by atoms with Crippen LogP contribution in [0.1, 0.15) is 29.1 Å². The minimum absolute atomic E-state index is 0.0235. The maximum atomic E-state index is 11.7. The molecule has 0 saturated carbocycles. The molecule has 0 bridgehead atoms. The molecular formula is C15H22N4O2S2. The topological polar surface area (TPSA) is 67.2 Å². The molecule has 126 valence electrons. The van der Waals surface area contributed by atoms with Gasteiger partial charge in [-0.1, -0.05) is 0 Å². The van der Waals surface area contributed by atoms with Gasteiger partial charge in [0.1, 0.15) is 0 Å². The molecule has 0 fully saturated rings. The van der Waals surface area contributed by atoms with Gasteiger partial charge in [-0.15, -0.1) is 11.3 Å². The maximum Gasteiger partial charge on any atom is 0.211 e. The number of nitrogens with one attached hydrogen (secondary N) is 1. The van der Waals surface area contributed by atoms with Crippen LogP contribution in [-0.2, 0) is 23.1 Å². The van der Waals surface area contributed by atoms with E-state index in [0.29, 0.717) is 6.54 Å². The quantitative estimate of drug-likeness (QED) is 0.858. The lowest BCUT2D eigenvalue weighted by Crippen LogP contribution is -2.42. The van der Waals surface area contributed by atoms with Crippen LogP contribution in [0.25, 0.3) is 0 Å². The Morgan fingerprint density at radius 1 is 1.43 bits per heavy atom. The van der Waals surface area contributed by atoms with Gasteiger partial charge in [0.2, 0.25) is 10.0 Å². The van der Waals surface area contributed by atoms with E-state index >= 15 is 0 Å². The summed E-state index contributed by atoms with van der Waals surface area (Å²) in [5, 5.41) is 6.49. The lowest BCUT2D eigenvalue weighted by Gasteiger charge is -2.33. The highest BCUT2D eigenvalue weighted by molar-refractivity contribution is 7.89. The van der Waals surface area contributed by atoms with Gasteiger partial charge in [-0.2, -0.15) is 5.10 Å². The predicted molar refractivity (Wildman–Crippen MR) is 91.9 cm³/mol. The summed E-state index contributed by atoms with van der Waals surface area (Å²) in [6, 6.07) is 4.17. The van der Waals surface area contributed by atoms with Crippen LogP contribution >= 0.6 is 11.3 Å². The molecule has 3 rings (SSSR count). The summed E-state index contributed by atoms with van der Waals surface area (Å²) in [4.78, 5) is 3.73. The third-order valence-electron chi connectivity index (χ3n) is 4.21. The molecule has 0 radical (unpaired) electrons. The standard InChI is InChI=1S/C15H22N4O2S2/c1-3-23(20,21)17-8-14-10-18(9-13-4-6-16-19(13)14)11-15-12(2)5-7-22-15/h4-7,14,17H,3,8-11H2,1-2H3/t14-/m1/s1. The van der Waals surface area contributed by atoms with E-state index in [4.69, 9.17) is 0 Å². The first-order chi connectivity index (χ1) is 11.0. The Hall–Kier alpha value is -1.22. The first-order valence-corrected chi connectivity index (χ1v) is 10.3. The Morgan fingerprint density at radius 3 is 2.96 bits per heavy atom. The Morgan fingerprint density at radius 2 is 2.26 bits per heavy atom. The molecule has 0 unspecified atom stereocenters. The Balaban J connectivity index is 1.73. The fraction of sp³-hybridized carbons (Fsp3) is 0.533. The van der Waals surface area contributed by atoms with E-state index < -0.39 is 10.0 Å². The smallest absolute Gasteiger partial charge is 0.211 e. The molecule has 1 N–H and O–H groups in total. The zero-order valence-corrected chi connectivity index (χ0v) is 15.0. The molecule has 1 aliphatic heterocycles. The van der Waals surface area contributed by atoms with Crippen LogP contribution in [0.2, 0.25) is 0 Å². The summed E-state index contributed by atoms with van der Waals surface area (Å²) in [6.07, 6.45) is 1.79. The molecule has 23 heavy (non-hydrogen) atoms. The molecule has 1 atom stereocenters. The van der Waals surface area contributed by atoms with Gasteiger partial charge in [-0.25, -0.2) is 13.1 Å². The van der Waals surface area contributed by atoms with Crippen molar-refractivity contribution in [2.45, 2.75) is 33.0 Å². The van der Waals surface area contributed by atoms with Crippen molar-refractivity contribution in [3.05, 3.63) is 39.8 Å². The Bertz CT molecular complexity index is 766. The van der Waals surface area contributed by atoms with Crippen molar-refractivity contribution < 1.29 is 8.42 Å². The van der Waals surface area contributed by atoms with E-state index in [1.807, 2.05) is 10.7 Å². The number of rotatable bonds is 6. The van der Waals surface area contributed by atoms with E-state index in [0.717, 1.165) is 25.3 Å². The van der Waals surface area contributed by atoms with Crippen LogP contribution in [0.5, 0.6) is 0 Å². The minimum Gasteiger partial charge on any atom is -0.290 e. The fourth-order valence-electron chi connectivity index (χ4n) is 2.83. The first kappa shape index (κ1) is 16.6. The Labute approximate surface area is 141 Å². The largest absolute Gasteiger partial charge is 0.290 e. The van der Waals surface area contributed by atoms with Crippen molar-refractivity contribution in [3.63, 3.8) is 0 Å². The van der Waals surface area contributed by atoms with Gasteiger partial charge in [0.05, 0.1) is 17.5 Å². The van der Waals surface area contributed by atoms with Crippen LogP contribution in [0.4, 0.5) is 0 Å². The van der Waals surface area contributed by atoms with Crippen molar-refractivity contribution in [3.8, 4) is 0 Å². The van der Waals surface area contributed by atoms with Gasteiger partial charge in [0, 0.05) is 37.3 Å². The van der Waals surface area contributed by atoms with E-state index in [1.165, 1.54) is 10.4 Å². The first-order valence-electron chi connectivity index (χ1n) is 7.73. The van der Waals surface area contributed by atoms with E-state index in [2.05, 4.69) is 33.1 Å². The van der Waals surface area contributed by atoms with Gasteiger partial charge in [-0.3, -0.25) is 9.58 Å². The van der Waals surface area contributed by atoms with Crippen molar-refractivity contribution in [1.82, 2.24) is 19.4 Å². The molecule has 0 aromatic carbocycles. The fourth-order valence-corrected chi connectivity index (χ4v) is 4.43. The number of aromatic nitrogens is 2. The van der Waals surface area contributed by atoms with Gasteiger partial charge < -0.3 is 0 Å². The predicted octanol–water partition coefficient (Wildman–Crippen LogP) is 1.75. The van der Waals surface area contributed by atoms with Crippen molar-refractivity contribution in [2.75, 3.05) is 18.8 Å². The number of aryl methyl sites for hydroxylation is 1. The number of hydrogen-bond acceptors (Lipinski definition) is 5. The molecule has 6 nitrogen and oxygen atoms in total. The van der Waals surface area contributed by atoms with Crippen LogP contribution in [0.15, 0.2) is 23.7 Å². The molecule has 3 heterocycles. The van der Waals surface area contributed by atoms with Crippen LogP contribution in [-0.4, -0.2) is 41.9 Å². The third kappa shape index (κ3) is 3.82. The highest BCUT2D eigenvalue weighted by Gasteiger charge is 2.26. The number of sulfonamides is 1. The molecule has 8 heteroatoms. The van der Waals surface area contributed by atoms with Crippen molar-refractivity contribution >= 4 is 21.4 Å². The zero-order chi connectivity index (χ0) is 16.4. The SMILES string of the molecule is CCS(=O)(=O)NC[C@@H]1CN(Cc2sccc2C)Cc2ccnn21. The van der Waals surface area contributed by atoms with Crippen molar-refractivity contribution in [2.24, 2.45) is 0 Å². The van der Waals surface area contributed by atoms with Gasteiger partial charge in [0.25, 0.3) is 0 Å². The molecule has 0 saturated heterocycles. The second-order valence-corrected chi connectivity index (χ2v) is 8.97. The van der Waals surface area contributed by atoms with Gasteiger partial charge >= 0.3 is 0 Å². The lowest BCUT2D eigenvalue weighted by atomic mass is 10.1. The van der Waals surface area contributed by atoms with Gasteiger partial charge in [-0.05, 0) is 36.9 Å². The summed E-state index contributed by atoms with van der Waals surface area (Å²) in [6.45, 7) is 6.68. The number of hydrogen-bond donors (Lipinski definition) is 1. The minimum atomic E-state index is -3.19. The molecule has 2 aromatic rings. The van der Waals surface area contributed by atoms with Crippen LogP contribution < -0.4 is 4.72 Å². The van der Waals surface area contributed by atoms with Crippen LogP contribution in [0.3, 0.4) is 0 Å². The number of thiophene rings is 1. The van der Waals surface area contributed by atoms with E-state index in [-0.39, 0.29) is 11.8 Å². The van der Waals surface area contributed by atoms with E-state index in [9.17, 15) is 8.42 Å². The van der Waals surface area contributed by atoms with Gasteiger partial charge in [0.15, 0.2) is 0 Å². The normalized spacial score (nSPS) is 19.0. The number of nitrogens with zero attached hydrogens (tertiary/aromatic N) is 3. The summed E-state index contributed by atoms with van der Waals surface area (Å²) < 4.78 is 28.1. The second kappa shape index (κ2) is 6.72. The monoisotopic (exact) mass is 354 g/mol. The highest BCUT2D eigenvalue weighted by Crippen LogP contribution is 2.24. The Kier molecular flexibility index (Phi) is 4.86. The zero-order valence-electron chi connectivity index (χ0n) is 13.4. The molecule has 0 aliphatic carbocycles. The average Bonchev–Trinajstić information content (AvgIpc) is 3.14. The molecular weight excluding hydrogens is 332 g/mol. The summed E-state index contributed by atoms with van der Waals surface area (Å²) >= 11 is 1.77. The number of fused-ring (bicyclic) bond motifs is 1. The summed E-state index contributed by atoms with van der Waals surface area (Å²) in [5.41, 5.74) is 2.45. The third-order valence-corrected chi connectivity index (χ3v) is 6.58. The summed E-state index contributed by atoms with van der Waals surface area (Å²) in [5.74, 6) is 0.101.